The summed E-state index contributed by atoms with van der Waals surface area (Å²) in [6.45, 7) is 3.05. The molecule has 22 heavy (non-hydrogen) atoms. The highest BCUT2D eigenvalue weighted by molar-refractivity contribution is 6.33. The molecule has 0 spiro atoms. The van der Waals surface area contributed by atoms with Crippen molar-refractivity contribution < 1.29 is 9.59 Å². The number of halogens is 1. The summed E-state index contributed by atoms with van der Waals surface area (Å²) in [5, 5.41) is 6.37. The van der Waals surface area contributed by atoms with E-state index in [-0.39, 0.29) is 17.7 Å². The van der Waals surface area contributed by atoms with Crippen LogP contribution >= 0.6 is 11.6 Å². The lowest BCUT2D eigenvalue weighted by atomic mass is 10.0. The van der Waals surface area contributed by atoms with Crippen LogP contribution in [0.4, 0.5) is 5.69 Å². The number of rotatable bonds is 5. The largest absolute Gasteiger partial charge is 0.344 e. The maximum absolute atomic E-state index is 12.6. The average molecular weight is 324 g/mol. The Labute approximate surface area is 136 Å². The van der Waals surface area contributed by atoms with Gasteiger partial charge in [-0.15, -0.1) is 0 Å². The maximum Gasteiger partial charge on any atom is 0.249 e. The van der Waals surface area contributed by atoms with Crippen molar-refractivity contribution in [2.24, 2.45) is 5.92 Å². The van der Waals surface area contributed by atoms with Gasteiger partial charge in [0.05, 0.1) is 10.7 Å². The van der Waals surface area contributed by atoms with E-state index in [4.69, 9.17) is 11.6 Å². The zero-order valence-electron chi connectivity index (χ0n) is 12.9. The number of hydrogen-bond donors (Lipinski definition) is 2. The third-order valence-electron chi connectivity index (χ3n) is 3.86. The summed E-state index contributed by atoms with van der Waals surface area (Å²) in [6, 6.07) is 6.80. The third kappa shape index (κ3) is 3.78. The molecule has 120 valence electrons. The van der Waals surface area contributed by atoms with E-state index in [1.54, 1.807) is 18.0 Å². The third-order valence-corrected chi connectivity index (χ3v) is 4.18. The van der Waals surface area contributed by atoms with E-state index < -0.39 is 6.04 Å². The molecule has 1 aliphatic heterocycles. The van der Waals surface area contributed by atoms with Crippen molar-refractivity contribution in [2.75, 3.05) is 25.0 Å². The van der Waals surface area contributed by atoms with E-state index in [0.29, 0.717) is 30.2 Å². The highest BCUT2D eigenvalue weighted by Crippen LogP contribution is 2.28. The van der Waals surface area contributed by atoms with Crippen LogP contribution in [0.1, 0.15) is 19.8 Å². The van der Waals surface area contributed by atoms with Gasteiger partial charge < -0.3 is 15.5 Å². The molecule has 0 bridgehead atoms. The Kier molecular flexibility index (Phi) is 5.80. The number of para-hydroxylation sites is 1. The van der Waals surface area contributed by atoms with Gasteiger partial charge in [-0.05, 0) is 32.0 Å². The molecule has 5 nitrogen and oxygen atoms in total. The molecule has 1 aliphatic rings. The van der Waals surface area contributed by atoms with E-state index in [1.807, 2.05) is 25.1 Å². The number of benzene rings is 1. The maximum atomic E-state index is 12.6. The molecular formula is C16H22ClN3O2. The Balaban J connectivity index is 2.07. The first-order valence-corrected chi connectivity index (χ1v) is 7.93. The van der Waals surface area contributed by atoms with Crippen LogP contribution < -0.4 is 15.5 Å². The molecule has 1 heterocycles. The monoisotopic (exact) mass is 323 g/mol. The molecule has 1 aromatic rings. The van der Waals surface area contributed by atoms with Crippen molar-refractivity contribution >= 4 is 29.1 Å². The molecule has 2 unspecified atom stereocenters. The van der Waals surface area contributed by atoms with Crippen molar-refractivity contribution in [3.63, 3.8) is 0 Å². The van der Waals surface area contributed by atoms with Gasteiger partial charge in [-0.1, -0.05) is 30.7 Å². The second kappa shape index (κ2) is 7.61. The van der Waals surface area contributed by atoms with Gasteiger partial charge in [0.2, 0.25) is 11.8 Å². The molecule has 2 amide bonds. The molecule has 0 radical (unpaired) electrons. The Bertz CT molecular complexity index is 550. The summed E-state index contributed by atoms with van der Waals surface area (Å²) in [7, 11) is 1.80. The molecule has 0 aliphatic carbocycles. The Hall–Kier alpha value is -1.59. The SMILES string of the molecule is CNCC(C)C(=O)NC1CCCN(c2ccccc2Cl)C1=O. The molecule has 0 aromatic heterocycles. The quantitative estimate of drug-likeness (QED) is 0.868. The predicted octanol–water partition coefficient (Wildman–Crippen LogP) is 1.81. The zero-order chi connectivity index (χ0) is 16.1. The van der Waals surface area contributed by atoms with E-state index in [1.165, 1.54) is 0 Å². The van der Waals surface area contributed by atoms with Crippen LogP contribution in [0.15, 0.2) is 24.3 Å². The molecule has 0 saturated carbocycles. The molecule has 6 heteroatoms. The van der Waals surface area contributed by atoms with Gasteiger partial charge in [-0.2, -0.15) is 0 Å². The normalized spacial score (nSPS) is 19.9. The second-order valence-corrected chi connectivity index (χ2v) is 6.01. The van der Waals surface area contributed by atoms with Gasteiger partial charge in [0, 0.05) is 19.0 Å². The number of nitrogens with zero attached hydrogens (tertiary/aromatic N) is 1. The number of nitrogens with one attached hydrogen (secondary N) is 2. The standard InChI is InChI=1S/C16H22ClN3O2/c1-11(10-18-2)15(21)19-13-7-5-9-20(16(13)22)14-8-4-3-6-12(14)17/h3-4,6,8,11,13,18H,5,7,9-10H2,1-2H3,(H,19,21). The van der Waals surface area contributed by atoms with Crippen molar-refractivity contribution in [3.05, 3.63) is 29.3 Å². The van der Waals surface area contributed by atoms with Crippen molar-refractivity contribution in [3.8, 4) is 0 Å². The summed E-state index contributed by atoms with van der Waals surface area (Å²) in [6.07, 6.45) is 1.50. The lowest BCUT2D eigenvalue weighted by molar-refractivity contribution is -0.130. The fourth-order valence-corrected chi connectivity index (χ4v) is 2.87. The number of hydrogen-bond acceptors (Lipinski definition) is 3. The Morgan fingerprint density at radius 2 is 2.18 bits per heavy atom. The minimum Gasteiger partial charge on any atom is -0.344 e. The van der Waals surface area contributed by atoms with E-state index >= 15 is 0 Å². The van der Waals surface area contributed by atoms with Crippen LogP contribution in [0, 0.1) is 5.92 Å². The minimum atomic E-state index is -0.475. The lowest BCUT2D eigenvalue weighted by Crippen LogP contribution is -2.53. The number of amides is 2. The number of piperidine rings is 1. The summed E-state index contributed by atoms with van der Waals surface area (Å²) in [4.78, 5) is 26.4. The van der Waals surface area contributed by atoms with Gasteiger partial charge in [0.25, 0.3) is 0 Å². The first kappa shape index (κ1) is 16.8. The molecule has 1 aromatic carbocycles. The number of carbonyl (C=O) groups excluding carboxylic acids is 2. The summed E-state index contributed by atoms with van der Waals surface area (Å²) >= 11 is 6.18. The van der Waals surface area contributed by atoms with Crippen LogP contribution in [0.3, 0.4) is 0 Å². The average Bonchev–Trinajstić information content (AvgIpc) is 2.50. The molecule has 2 N–H and O–H groups in total. The van der Waals surface area contributed by atoms with Crippen LogP contribution in [0.2, 0.25) is 5.02 Å². The van der Waals surface area contributed by atoms with Crippen molar-refractivity contribution in [1.82, 2.24) is 10.6 Å². The molecular weight excluding hydrogens is 302 g/mol. The van der Waals surface area contributed by atoms with Gasteiger partial charge in [0.1, 0.15) is 6.04 Å². The van der Waals surface area contributed by atoms with E-state index in [9.17, 15) is 9.59 Å². The summed E-state index contributed by atoms with van der Waals surface area (Å²) in [5.41, 5.74) is 0.705. The fourth-order valence-electron chi connectivity index (χ4n) is 2.63. The molecule has 1 saturated heterocycles. The van der Waals surface area contributed by atoms with Gasteiger partial charge in [-0.25, -0.2) is 0 Å². The molecule has 1 fully saturated rings. The summed E-state index contributed by atoms with van der Waals surface area (Å²) in [5.74, 6) is -0.369. The van der Waals surface area contributed by atoms with Crippen LogP contribution in [-0.2, 0) is 9.59 Å². The van der Waals surface area contributed by atoms with Gasteiger partial charge >= 0.3 is 0 Å². The first-order chi connectivity index (χ1) is 10.5. The van der Waals surface area contributed by atoms with Gasteiger partial charge in [-0.3, -0.25) is 9.59 Å². The highest BCUT2D eigenvalue weighted by Gasteiger charge is 2.32. The number of anilines is 1. The first-order valence-electron chi connectivity index (χ1n) is 7.55. The Morgan fingerprint density at radius 3 is 2.86 bits per heavy atom. The fraction of sp³-hybridized carbons (Fsp3) is 0.500. The molecule has 2 rings (SSSR count). The highest BCUT2D eigenvalue weighted by atomic mass is 35.5. The van der Waals surface area contributed by atoms with Gasteiger partial charge in [0.15, 0.2) is 0 Å². The zero-order valence-corrected chi connectivity index (χ0v) is 13.7. The van der Waals surface area contributed by atoms with Crippen LogP contribution in [0.25, 0.3) is 0 Å². The predicted molar refractivity (Wildman–Crippen MR) is 88.1 cm³/mol. The Morgan fingerprint density at radius 1 is 1.45 bits per heavy atom. The van der Waals surface area contributed by atoms with Crippen molar-refractivity contribution in [2.45, 2.75) is 25.8 Å². The van der Waals surface area contributed by atoms with Crippen molar-refractivity contribution in [1.29, 1.82) is 0 Å². The smallest absolute Gasteiger partial charge is 0.249 e. The van der Waals surface area contributed by atoms with E-state index in [2.05, 4.69) is 10.6 Å². The number of carbonyl (C=O) groups is 2. The lowest BCUT2D eigenvalue weighted by Gasteiger charge is -2.33. The minimum absolute atomic E-state index is 0.0932. The topological polar surface area (TPSA) is 61.4 Å². The summed E-state index contributed by atoms with van der Waals surface area (Å²) < 4.78 is 0. The molecule has 2 atom stereocenters. The van der Waals surface area contributed by atoms with E-state index in [0.717, 1.165) is 6.42 Å². The second-order valence-electron chi connectivity index (χ2n) is 5.60. The van der Waals surface area contributed by atoms with Crippen LogP contribution in [-0.4, -0.2) is 38.0 Å². The van der Waals surface area contributed by atoms with Crippen LogP contribution in [0.5, 0.6) is 0 Å².